The van der Waals surface area contributed by atoms with Crippen LogP contribution in [0.1, 0.15) is 5.69 Å². The highest BCUT2D eigenvalue weighted by Crippen LogP contribution is 2.31. The van der Waals surface area contributed by atoms with Crippen LogP contribution in [0, 0.1) is 12.7 Å². The van der Waals surface area contributed by atoms with E-state index in [1.54, 1.807) is 25.1 Å². The zero-order chi connectivity index (χ0) is 19.6. The summed E-state index contributed by atoms with van der Waals surface area (Å²) in [5, 5.41) is 2.53. The minimum atomic E-state index is -3.75. The summed E-state index contributed by atoms with van der Waals surface area (Å²) in [6, 6.07) is 6.43. The number of aryl methyl sites for hydroxylation is 1. The van der Waals surface area contributed by atoms with Crippen LogP contribution in [0.5, 0.6) is 0 Å². The lowest BCUT2D eigenvalue weighted by Crippen LogP contribution is -2.48. The zero-order valence-electron chi connectivity index (χ0n) is 14.8. The Kier molecular flexibility index (Phi) is 5.63. The largest absolute Gasteiger partial charge is 0.453 e. The van der Waals surface area contributed by atoms with Crippen LogP contribution in [0.2, 0.25) is 0 Å². The second kappa shape index (κ2) is 7.79. The number of amides is 1. The third kappa shape index (κ3) is 4.04. The summed E-state index contributed by atoms with van der Waals surface area (Å²) in [4.78, 5) is 17.2. The summed E-state index contributed by atoms with van der Waals surface area (Å²) < 4.78 is 45.7. The number of nitrogens with zero attached hydrogens (tertiary/aromatic N) is 3. The second-order valence-electron chi connectivity index (χ2n) is 5.85. The molecule has 1 aliphatic heterocycles. The number of thiazole rings is 1. The van der Waals surface area contributed by atoms with Crippen molar-refractivity contribution in [1.82, 2.24) is 9.29 Å². The molecular weight excluding hydrogens is 395 g/mol. The Labute approximate surface area is 160 Å². The number of benzene rings is 1. The number of carbonyl (C=O) groups is 1. The Balaban J connectivity index is 1.74. The van der Waals surface area contributed by atoms with Crippen LogP contribution < -0.4 is 10.2 Å². The Morgan fingerprint density at radius 2 is 1.93 bits per heavy atom. The molecule has 3 rings (SSSR count). The number of sulfonamides is 1. The molecule has 0 bridgehead atoms. The highest BCUT2D eigenvalue weighted by molar-refractivity contribution is 7.91. The van der Waals surface area contributed by atoms with Crippen LogP contribution in [0.25, 0.3) is 0 Å². The van der Waals surface area contributed by atoms with Crippen molar-refractivity contribution in [3.8, 4) is 0 Å². The molecule has 2 aromatic rings. The molecule has 1 fully saturated rings. The number of anilines is 2. The molecule has 0 atom stereocenters. The van der Waals surface area contributed by atoms with Crippen molar-refractivity contribution in [3.63, 3.8) is 0 Å². The van der Waals surface area contributed by atoms with Crippen LogP contribution in [-0.4, -0.2) is 57.1 Å². The minimum absolute atomic E-state index is 0.0771. The quantitative estimate of drug-likeness (QED) is 0.825. The van der Waals surface area contributed by atoms with Gasteiger partial charge in [0.15, 0.2) is 9.34 Å². The van der Waals surface area contributed by atoms with Gasteiger partial charge in [-0.1, -0.05) is 23.5 Å². The van der Waals surface area contributed by atoms with E-state index >= 15 is 0 Å². The van der Waals surface area contributed by atoms with Gasteiger partial charge in [0, 0.05) is 26.2 Å². The molecule has 1 aliphatic rings. The van der Waals surface area contributed by atoms with Crippen molar-refractivity contribution in [3.05, 3.63) is 35.8 Å². The fraction of sp³-hybridized carbons (Fsp3) is 0.375. The number of nitrogens with one attached hydrogen (secondary N) is 1. The molecule has 11 heteroatoms. The van der Waals surface area contributed by atoms with Gasteiger partial charge in [-0.15, -0.1) is 0 Å². The summed E-state index contributed by atoms with van der Waals surface area (Å²) >= 11 is 0.877. The summed E-state index contributed by atoms with van der Waals surface area (Å²) in [7, 11) is -2.54. The molecule has 0 aliphatic carbocycles. The van der Waals surface area contributed by atoms with Gasteiger partial charge in [0.05, 0.1) is 18.5 Å². The summed E-state index contributed by atoms with van der Waals surface area (Å²) in [6.07, 6.45) is -0.716. The normalized spacial score (nSPS) is 15.6. The molecule has 0 unspecified atom stereocenters. The molecule has 1 saturated heterocycles. The lowest BCUT2D eigenvalue weighted by molar-refractivity contribution is 0.187. The molecule has 0 saturated carbocycles. The van der Waals surface area contributed by atoms with Gasteiger partial charge in [-0.25, -0.2) is 22.6 Å². The van der Waals surface area contributed by atoms with E-state index < -0.39 is 16.1 Å². The molecule has 1 N–H and O–H groups in total. The Bertz CT molecular complexity index is 940. The van der Waals surface area contributed by atoms with Gasteiger partial charge < -0.3 is 9.64 Å². The number of para-hydroxylation sites is 1. The topological polar surface area (TPSA) is 91.8 Å². The van der Waals surface area contributed by atoms with Crippen LogP contribution in [0.15, 0.2) is 28.5 Å². The van der Waals surface area contributed by atoms with Gasteiger partial charge in [-0.05, 0) is 19.1 Å². The fourth-order valence-corrected chi connectivity index (χ4v) is 5.77. The average molecular weight is 414 g/mol. The number of piperazine rings is 1. The Hall–Kier alpha value is -2.24. The number of halogens is 1. The molecule has 0 spiro atoms. The first-order chi connectivity index (χ1) is 12.8. The number of aromatic nitrogens is 1. The highest BCUT2D eigenvalue weighted by atomic mass is 32.2. The number of hydrogen-bond donors (Lipinski definition) is 1. The number of rotatable bonds is 4. The Morgan fingerprint density at radius 3 is 2.56 bits per heavy atom. The third-order valence-electron chi connectivity index (χ3n) is 4.15. The lowest BCUT2D eigenvalue weighted by Gasteiger charge is -2.35. The number of carbonyl (C=O) groups excluding carboxylic acids is 1. The predicted molar refractivity (Wildman–Crippen MR) is 100 cm³/mol. The molecule has 0 radical (unpaired) electrons. The van der Waals surface area contributed by atoms with E-state index in [-0.39, 0.29) is 28.2 Å². The van der Waals surface area contributed by atoms with Gasteiger partial charge in [-0.3, -0.25) is 5.32 Å². The van der Waals surface area contributed by atoms with Gasteiger partial charge in [0.1, 0.15) is 5.82 Å². The summed E-state index contributed by atoms with van der Waals surface area (Å²) in [5.41, 5.74) is 0.774. The molecule has 1 amide bonds. The molecule has 146 valence electrons. The number of methoxy groups -OCH3 is 1. The van der Waals surface area contributed by atoms with Gasteiger partial charge in [-0.2, -0.15) is 4.31 Å². The van der Waals surface area contributed by atoms with Crippen LogP contribution in [0.3, 0.4) is 0 Å². The monoisotopic (exact) mass is 414 g/mol. The summed E-state index contributed by atoms with van der Waals surface area (Å²) in [5.74, 6) is -0.328. The first kappa shape index (κ1) is 19.5. The highest BCUT2D eigenvalue weighted by Gasteiger charge is 2.32. The van der Waals surface area contributed by atoms with Gasteiger partial charge in [0.2, 0.25) is 0 Å². The van der Waals surface area contributed by atoms with Crippen LogP contribution >= 0.6 is 11.3 Å². The number of hydrogen-bond acceptors (Lipinski definition) is 7. The SMILES string of the molecule is COC(=O)Nc1nc(C)c(S(=O)(=O)N2CCN(c3ccccc3F)CC2)s1. The fourth-order valence-electron chi connectivity index (χ4n) is 2.81. The van der Waals surface area contributed by atoms with Crippen molar-refractivity contribution in [2.75, 3.05) is 43.5 Å². The minimum Gasteiger partial charge on any atom is -0.453 e. The molecule has 1 aromatic heterocycles. The van der Waals surface area contributed by atoms with Crippen LogP contribution in [0.4, 0.5) is 20.0 Å². The zero-order valence-corrected chi connectivity index (χ0v) is 16.4. The average Bonchev–Trinajstić information content (AvgIpc) is 3.03. The smallest absolute Gasteiger partial charge is 0.413 e. The predicted octanol–water partition coefficient (Wildman–Crippen LogP) is 2.28. The standard InChI is InChI=1S/C16H19FN4O4S2/c1-11-14(26-15(18-11)19-16(22)25-2)27(23,24)21-9-7-20(8-10-21)13-6-4-3-5-12(13)17/h3-6H,7-10H2,1-2H3,(H,18,19,22). The van der Waals surface area contributed by atoms with E-state index in [0.29, 0.717) is 24.5 Å². The first-order valence-electron chi connectivity index (χ1n) is 8.15. The lowest BCUT2D eigenvalue weighted by atomic mass is 10.2. The van der Waals surface area contributed by atoms with E-state index in [0.717, 1.165) is 11.3 Å². The number of ether oxygens (including phenoxy) is 1. The van der Waals surface area contributed by atoms with Crippen molar-refractivity contribution in [2.45, 2.75) is 11.1 Å². The van der Waals surface area contributed by atoms with E-state index in [4.69, 9.17) is 0 Å². The molecule has 8 nitrogen and oxygen atoms in total. The second-order valence-corrected chi connectivity index (χ2v) is 8.98. The van der Waals surface area contributed by atoms with E-state index in [2.05, 4.69) is 15.0 Å². The van der Waals surface area contributed by atoms with Crippen molar-refractivity contribution in [1.29, 1.82) is 0 Å². The maximum atomic E-state index is 13.9. The third-order valence-corrected chi connectivity index (χ3v) is 7.71. The van der Waals surface area contributed by atoms with E-state index in [1.165, 1.54) is 17.5 Å². The van der Waals surface area contributed by atoms with Crippen molar-refractivity contribution >= 4 is 38.3 Å². The van der Waals surface area contributed by atoms with Crippen molar-refractivity contribution < 1.29 is 22.3 Å². The van der Waals surface area contributed by atoms with Gasteiger partial charge in [0.25, 0.3) is 10.0 Å². The summed E-state index contributed by atoms with van der Waals surface area (Å²) in [6.45, 7) is 2.79. The molecular formula is C16H19FN4O4S2. The maximum absolute atomic E-state index is 13.9. The van der Waals surface area contributed by atoms with E-state index in [1.807, 2.05) is 4.90 Å². The van der Waals surface area contributed by atoms with Crippen LogP contribution in [-0.2, 0) is 14.8 Å². The first-order valence-corrected chi connectivity index (χ1v) is 10.4. The maximum Gasteiger partial charge on any atom is 0.413 e. The van der Waals surface area contributed by atoms with Gasteiger partial charge >= 0.3 is 6.09 Å². The van der Waals surface area contributed by atoms with E-state index in [9.17, 15) is 17.6 Å². The Morgan fingerprint density at radius 1 is 1.26 bits per heavy atom. The molecule has 2 heterocycles. The molecule has 1 aromatic carbocycles. The molecule has 27 heavy (non-hydrogen) atoms. The van der Waals surface area contributed by atoms with Crippen molar-refractivity contribution in [2.24, 2.45) is 0 Å².